The highest BCUT2D eigenvalue weighted by Crippen LogP contribution is 2.38. The van der Waals surface area contributed by atoms with Crippen LogP contribution >= 0.6 is 34.8 Å². The largest absolute Gasteiger partial charge is 0.478 e. The van der Waals surface area contributed by atoms with Gasteiger partial charge in [0.15, 0.2) is 0 Å². The molecule has 0 atom stereocenters. The Morgan fingerprint density at radius 2 is 1.64 bits per heavy atom. The first-order valence-electron chi connectivity index (χ1n) is 6.73. The van der Waals surface area contributed by atoms with E-state index in [4.69, 9.17) is 45.0 Å². The van der Waals surface area contributed by atoms with Crippen LogP contribution in [-0.2, 0) is 32.4 Å². The lowest BCUT2D eigenvalue weighted by Crippen LogP contribution is -2.25. The van der Waals surface area contributed by atoms with Crippen molar-refractivity contribution in [1.82, 2.24) is 5.32 Å². The summed E-state index contributed by atoms with van der Waals surface area (Å²) in [5.74, 6) is -2.51. The van der Waals surface area contributed by atoms with Crippen molar-refractivity contribution < 1.29 is 28.2 Å². The molecule has 0 saturated carbocycles. The highest BCUT2D eigenvalue weighted by atomic mass is 35.6. The molecule has 0 amide bonds. The summed E-state index contributed by atoms with van der Waals surface area (Å²) < 4.78 is 21.5. The average Bonchev–Trinajstić information content (AvgIpc) is 2.52. The molecule has 25 heavy (non-hydrogen) atoms. The Labute approximate surface area is 159 Å². The van der Waals surface area contributed by atoms with Crippen LogP contribution in [0.15, 0.2) is 35.2 Å². The SMILES string of the molecule is O=C(O)/C=C\C(=O)O.O=S(=O)(c1ccc2c(c1)CNCC2)C(Cl)(Cl)Cl. The van der Waals surface area contributed by atoms with Gasteiger partial charge in [0.1, 0.15) is 0 Å². The molecule has 0 spiro atoms. The molecule has 3 N–H and O–H groups in total. The molecule has 0 aliphatic carbocycles. The standard InChI is InChI=1S/C10H10Cl3NO2S.C4H4O4/c11-10(12,13)17(15,16)9-2-1-7-3-4-14-6-8(7)5-9;5-3(6)1-2-4(7)8/h1-2,5,14H,3-4,6H2;1-2H,(H,5,6)(H,7,8)/b;2-1-. The Balaban J connectivity index is 0.000000333. The minimum atomic E-state index is -3.94. The Morgan fingerprint density at radius 1 is 1.08 bits per heavy atom. The lowest BCUT2D eigenvalue weighted by Gasteiger charge is -2.19. The topological polar surface area (TPSA) is 121 Å². The number of aliphatic carboxylic acids is 2. The number of benzene rings is 1. The van der Waals surface area contributed by atoms with E-state index in [1.165, 1.54) is 6.07 Å². The monoisotopic (exact) mass is 429 g/mol. The first kappa shape index (κ1) is 21.7. The van der Waals surface area contributed by atoms with Gasteiger partial charge in [-0.2, -0.15) is 0 Å². The van der Waals surface area contributed by atoms with E-state index in [9.17, 15) is 18.0 Å². The molecule has 1 aliphatic heterocycles. The number of nitrogens with one attached hydrogen (secondary N) is 1. The summed E-state index contributed by atoms with van der Waals surface area (Å²) in [5, 5.41) is 18.8. The number of fused-ring (bicyclic) bond motifs is 1. The summed E-state index contributed by atoms with van der Waals surface area (Å²) in [6.45, 7) is 1.53. The Bertz CT molecular complexity index is 770. The van der Waals surface area contributed by atoms with Crippen LogP contribution in [0.4, 0.5) is 0 Å². The second-order valence-corrected chi connectivity index (χ2v) is 9.86. The van der Waals surface area contributed by atoms with Gasteiger partial charge in [0, 0.05) is 18.7 Å². The number of carbonyl (C=O) groups is 2. The number of rotatable bonds is 3. The van der Waals surface area contributed by atoms with Gasteiger partial charge < -0.3 is 15.5 Å². The first-order chi connectivity index (χ1) is 11.4. The summed E-state index contributed by atoms with van der Waals surface area (Å²) in [7, 11) is -3.94. The van der Waals surface area contributed by atoms with Gasteiger partial charge in [-0.05, 0) is 36.2 Å². The highest BCUT2D eigenvalue weighted by molar-refractivity contribution is 7.97. The number of hydrogen-bond acceptors (Lipinski definition) is 5. The molecule has 1 aliphatic rings. The van der Waals surface area contributed by atoms with Crippen LogP contribution in [-0.4, -0.2) is 40.2 Å². The Kier molecular flexibility index (Phi) is 7.70. The molecule has 0 saturated heterocycles. The molecule has 7 nitrogen and oxygen atoms in total. The maximum Gasteiger partial charge on any atom is 0.328 e. The van der Waals surface area contributed by atoms with Gasteiger partial charge in [0.25, 0.3) is 3.12 Å². The summed E-state index contributed by atoms with van der Waals surface area (Å²) >= 11 is 16.4. The van der Waals surface area contributed by atoms with E-state index in [1.54, 1.807) is 12.1 Å². The fourth-order valence-electron chi connectivity index (χ4n) is 1.90. The molecule has 0 unspecified atom stereocenters. The molecule has 0 fully saturated rings. The maximum absolute atomic E-state index is 11.9. The van der Waals surface area contributed by atoms with Gasteiger partial charge in [0.05, 0.1) is 4.90 Å². The zero-order valence-electron chi connectivity index (χ0n) is 12.6. The summed E-state index contributed by atoms with van der Waals surface area (Å²) in [5.41, 5.74) is 2.07. The van der Waals surface area contributed by atoms with Crippen LogP contribution in [0.2, 0.25) is 0 Å². The second-order valence-electron chi connectivity index (χ2n) is 4.82. The van der Waals surface area contributed by atoms with E-state index in [0.29, 0.717) is 18.7 Å². The van der Waals surface area contributed by atoms with Crippen LogP contribution in [0.3, 0.4) is 0 Å². The third-order valence-corrected chi connectivity index (χ3v) is 6.36. The van der Waals surface area contributed by atoms with Gasteiger partial charge in [-0.25, -0.2) is 18.0 Å². The molecule has 1 aromatic rings. The molecule has 0 aromatic heterocycles. The Hall–Kier alpha value is -1.32. The van der Waals surface area contributed by atoms with Crippen molar-refractivity contribution in [2.45, 2.75) is 21.0 Å². The quantitative estimate of drug-likeness (QED) is 0.496. The number of carboxylic acids is 2. The maximum atomic E-state index is 11.9. The van der Waals surface area contributed by atoms with Gasteiger partial charge in [-0.15, -0.1) is 0 Å². The predicted octanol–water partition coefficient (Wildman–Crippen LogP) is 2.15. The zero-order chi connectivity index (χ0) is 19.3. The molecule has 1 aromatic carbocycles. The summed E-state index contributed by atoms with van der Waals surface area (Å²) in [4.78, 5) is 19.1. The van der Waals surface area contributed by atoms with E-state index < -0.39 is 24.9 Å². The molecular weight excluding hydrogens is 417 g/mol. The van der Waals surface area contributed by atoms with Crippen LogP contribution < -0.4 is 5.32 Å². The average molecular weight is 431 g/mol. The first-order valence-corrected chi connectivity index (χ1v) is 9.34. The third-order valence-electron chi connectivity index (χ3n) is 3.05. The summed E-state index contributed by atoms with van der Waals surface area (Å²) in [6, 6.07) is 4.83. The van der Waals surface area contributed by atoms with E-state index in [-0.39, 0.29) is 4.90 Å². The van der Waals surface area contributed by atoms with Gasteiger partial charge >= 0.3 is 11.9 Å². The van der Waals surface area contributed by atoms with Crippen molar-refractivity contribution in [2.24, 2.45) is 0 Å². The fraction of sp³-hybridized carbons (Fsp3) is 0.286. The highest BCUT2D eigenvalue weighted by Gasteiger charge is 2.39. The van der Waals surface area contributed by atoms with Crippen molar-refractivity contribution in [1.29, 1.82) is 0 Å². The number of alkyl halides is 3. The van der Waals surface area contributed by atoms with E-state index in [1.807, 2.05) is 0 Å². The van der Waals surface area contributed by atoms with Crippen molar-refractivity contribution in [3.8, 4) is 0 Å². The van der Waals surface area contributed by atoms with Crippen LogP contribution in [0.1, 0.15) is 11.1 Å². The van der Waals surface area contributed by atoms with Gasteiger partial charge in [0.2, 0.25) is 9.84 Å². The molecule has 2 rings (SSSR count). The predicted molar refractivity (Wildman–Crippen MR) is 93.7 cm³/mol. The molecular formula is C14H14Cl3NO6S. The lowest BCUT2D eigenvalue weighted by atomic mass is 10.0. The molecule has 0 radical (unpaired) electrons. The van der Waals surface area contributed by atoms with Crippen molar-refractivity contribution in [3.63, 3.8) is 0 Å². The van der Waals surface area contributed by atoms with Crippen molar-refractivity contribution in [2.75, 3.05) is 6.54 Å². The van der Waals surface area contributed by atoms with E-state index in [0.717, 1.165) is 24.1 Å². The molecule has 1 heterocycles. The van der Waals surface area contributed by atoms with E-state index >= 15 is 0 Å². The number of sulfone groups is 1. The van der Waals surface area contributed by atoms with Crippen LogP contribution in [0.5, 0.6) is 0 Å². The molecule has 138 valence electrons. The zero-order valence-corrected chi connectivity index (χ0v) is 15.7. The van der Waals surface area contributed by atoms with Crippen LogP contribution in [0.25, 0.3) is 0 Å². The second kappa shape index (κ2) is 8.86. The van der Waals surface area contributed by atoms with Gasteiger partial charge in [-0.1, -0.05) is 40.9 Å². The number of halogens is 3. The molecule has 0 bridgehead atoms. The van der Waals surface area contributed by atoms with E-state index in [2.05, 4.69) is 5.32 Å². The minimum Gasteiger partial charge on any atom is -0.478 e. The smallest absolute Gasteiger partial charge is 0.328 e. The normalized spacial score (nSPS) is 14.4. The number of hydrogen-bond donors (Lipinski definition) is 3. The number of carboxylic acid groups (broad SMARTS) is 2. The lowest BCUT2D eigenvalue weighted by molar-refractivity contribution is -0.134. The van der Waals surface area contributed by atoms with Crippen molar-refractivity contribution >= 4 is 56.6 Å². The minimum absolute atomic E-state index is 0.0416. The van der Waals surface area contributed by atoms with Crippen molar-refractivity contribution in [3.05, 3.63) is 41.5 Å². The van der Waals surface area contributed by atoms with Gasteiger partial charge in [-0.3, -0.25) is 0 Å². The summed E-state index contributed by atoms with van der Waals surface area (Å²) in [6.07, 6.45) is 1.99. The molecule has 11 heteroatoms. The fourth-order valence-corrected chi connectivity index (χ4v) is 3.51. The van der Waals surface area contributed by atoms with Crippen LogP contribution in [0, 0.1) is 0 Å². The Morgan fingerprint density at radius 3 is 2.12 bits per heavy atom. The third kappa shape index (κ3) is 6.48.